The molecule has 6 nitrogen and oxygen atoms in total. The first-order valence-electron chi connectivity index (χ1n) is 10.0. The predicted octanol–water partition coefficient (Wildman–Crippen LogP) is 3.03. The molecule has 0 saturated carbocycles. The predicted molar refractivity (Wildman–Crippen MR) is 111 cm³/mol. The average molecular weight is 422 g/mol. The Bertz CT molecular complexity index is 871. The summed E-state index contributed by atoms with van der Waals surface area (Å²) in [6, 6.07) is 6.76. The standard InChI is InChI=1S/C21H28FN3O3S/c1-15-7-5-6-11-25(15)12-10-23-20(26)14-29(27)13-19-16(2)28-21(24-19)17-8-3-4-9-18(17)22/h3-4,8-9,15H,5-7,10-14H2,1-2H3,(H,23,26)/t15-,29+/m0/s1. The van der Waals surface area contributed by atoms with Crippen LogP contribution in [0.3, 0.4) is 0 Å². The van der Waals surface area contributed by atoms with Gasteiger partial charge in [-0.05, 0) is 45.4 Å². The fourth-order valence-electron chi connectivity index (χ4n) is 3.54. The first-order valence-corrected chi connectivity index (χ1v) is 11.5. The minimum Gasteiger partial charge on any atom is -0.441 e. The van der Waals surface area contributed by atoms with Crippen LogP contribution in [0.4, 0.5) is 4.39 Å². The zero-order valence-corrected chi connectivity index (χ0v) is 17.8. The van der Waals surface area contributed by atoms with Crippen molar-refractivity contribution in [1.82, 2.24) is 15.2 Å². The van der Waals surface area contributed by atoms with Gasteiger partial charge < -0.3 is 9.73 Å². The number of piperidine rings is 1. The molecule has 3 rings (SSSR count). The van der Waals surface area contributed by atoms with Crippen LogP contribution in [0.25, 0.3) is 11.5 Å². The summed E-state index contributed by atoms with van der Waals surface area (Å²) < 4.78 is 31.8. The van der Waals surface area contributed by atoms with Crippen LogP contribution in [0.15, 0.2) is 28.7 Å². The second kappa shape index (κ2) is 10.1. The lowest BCUT2D eigenvalue weighted by Crippen LogP contribution is -2.43. The fourth-order valence-corrected chi connectivity index (χ4v) is 4.61. The second-order valence-electron chi connectivity index (χ2n) is 7.46. The lowest BCUT2D eigenvalue weighted by atomic mass is 10.0. The number of rotatable bonds is 8. The van der Waals surface area contributed by atoms with Crippen molar-refractivity contribution in [2.24, 2.45) is 0 Å². The summed E-state index contributed by atoms with van der Waals surface area (Å²) in [5.41, 5.74) is 0.744. The van der Waals surface area contributed by atoms with E-state index >= 15 is 0 Å². The summed E-state index contributed by atoms with van der Waals surface area (Å²) in [6.45, 7) is 6.35. The quantitative estimate of drug-likeness (QED) is 0.709. The number of nitrogens with zero attached hydrogens (tertiary/aromatic N) is 2. The Morgan fingerprint density at radius 1 is 1.38 bits per heavy atom. The molecule has 0 spiro atoms. The number of oxazole rings is 1. The Kier molecular flexibility index (Phi) is 7.55. The van der Waals surface area contributed by atoms with Gasteiger partial charge in [0.25, 0.3) is 0 Å². The highest BCUT2D eigenvalue weighted by molar-refractivity contribution is 7.84. The number of likely N-dealkylation sites (tertiary alicyclic amines) is 1. The van der Waals surface area contributed by atoms with Crippen molar-refractivity contribution in [1.29, 1.82) is 0 Å². The van der Waals surface area contributed by atoms with Crippen LogP contribution in [0.2, 0.25) is 0 Å². The van der Waals surface area contributed by atoms with Gasteiger partial charge in [0.05, 0.1) is 17.0 Å². The number of amides is 1. The van der Waals surface area contributed by atoms with Gasteiger partial charge in [0, 0.05) is 29.9 Å². The number of carbonyl (C=O) groups excluding carboxylic acids is 1. The van der Waals surface area contributed by atoms with Crippen LogP contribution >= 0.6 is 0 Å². The molecule has 0 unspecified atom stereocenters. The van der Waals surface area contributed by atoms with Crippen molar-refractivity contribution in [3.63, 3.8) is 0 Å². The molecule has 2 aromatic rings. The van der Waals surface area contributed by atoms with Crippen molar-refractivity contribution < 1.29 is 17.8 Å². The lowest BCUT2D eigenvalue weighted by molar-refractivity contribution is -0.118. The van der Waals surface area contributed by atoms with Crippen LogP contribution < -0.4 is 5.32 Å². The molecule has 1 aromatic carbocycles. The van der Waals surface area contributed by atoms with Gasteiger partial charge in [0.2, 0.25) is 11.8 Å². The molecule has 2 heterocycles. The van der Waals surface area contributed by atoms with Gasteiger partial charge in [-0.15, -0.1) is 0 Å². The van der Waals surface area contributed by atoms with Crippen LogP contribution in [0, 0.1) is 12.7 Å². The fraction of sp³-hybridized carbons (Fsp3) is 0.524. The van der Waals surface area contributed by atoms with E-state index in [0.717, 1.165) is 13.1 Å². The highest BCUT2D eigenvalue weighted by atomic mass is 32.2. The molecule has 1 saturated heterocycles. The number of carbonyl (C=O) groups is 1. The summed E-state index contributed by atoms with van der Waals surface area (Å²) in [5.74, 6) is -0.00634. The number of hydrogen-bond acceptors (Lipinski definition) is 5. The van der Waals surface area contributed by atoms with Gasteiger partial charge in [-0.2, -0.15) is 0 Å². The summed E-state index contributed by atoms with van der Waals surface area (Å²) in [4.78, 5) is 18.8. The number of benzene rings is 1. The molecule has 1 aromatic heterocycles. The molecule has 0 radical (unpaired) electrons. The number of nitrogens with one attached hydrogen (secondary N) is 1. The highest BCUT2D eigenvalue weighted by Gasteiger charge is 2.19. The Hall–Kier alpha value is -2.06. The Balaban J connectivity index is 1.48. The van der Waals surface area contributed by atoms with E-state index < -0.39 is 16.6 Å². The van der Waals surface area contributed by atoms with Gasteiger partial charge in [-0.1, -0.05) is 18.6 Å². The number of aryl methyl sites for hydroxylation is 1. The third kappa shape index (κ3) is 5.96. The van der Waals surface area contributed by atoms with Gasteiger partial charge in [0.1, 0.15) is 17.3 Å². The van der Waals surface area contributed by atoms with E-state index in [0.29, 0.717) is 24.0 Å². The molecule has 1 amide bonds. The maximum Gasteiger partial charge on any atom is 0.232 e. The van der Waals surface area contributed by atoms with Crippen LogP contribution in [0.1, 0.15) is 37.6 Å². The van der Waals surface area contributed by atoms with E-state index in [1.54, 1.807) is 25.1 Å². The van der Waals surface area contributed by atoms with Crippen molar-refractivity contribution in [2.45, 2.75) is 44.9 Å². The number of halogens is 1. The van der Waals surface area contributed by atoms with Crippen LogP contribution in [-0.2, 0) is 21.3 Å². The monoisotopic (exact) mass is 421 g/mol. The minimum atomic E-state index is -1.42. The van der Waals surface area contributed by atoms with Crippen molar-refractivity contribution >= 4 is 16.7 Å². The molecule has 2 atom stereocenters. The summed E-state index contributed by atoms with van der Waals surface area (Å²) >= 11 is 0. The molecule has 1 aliphatic heterocycles. The molecular formula is C21H28FN3O3S. The second-order valence-corrected chi connectivity index (χ2v) is 8.92. The summed E-state index contributed by atoms with van der Waals surface area (Å²) in [6.07, 6.45) is 3.67. The molecule has 1 N–H and O–H groups in total. The summed E-state index contributed by atoms with van der Waals surface area (Å²) in [7, 11) is -1.42. The highest BCUT2D eigenvalue weighted by Crippen LogP contribution is 2.24. The van der Waals surface area contributed by atoms with E-state index in [-0.39, 0.29) is 28.9 Å². The normalized spacial score (nSPS) is 18.5. The van der Waals surface area contributed by atoms with E-state index in [1.807, 2.05) is 0 Å². The SMILES string of the molecule is Cc1oc(-c2ccccc2F)nc1C[S@@](=O)CC(=O)NCCN1CCCC[C@@H]1C. The first-order chi connectivity index (χ1) is 13.9. The van der Waals surface area contributed by atoms with Gasteiger partial charge in [-0.3, -0.25) is 13.9 Å². The van der Waals surface area contributed by atoms with Crippen molar-refractivity contribution in [2.75, 3.05) is 25.4 Å². The van der Waals surface area contributed by atoms with Crippen molar-refractivity contribution in [3.8, 4) is 11.5 Å². The Morgan fingerprint density at radius 3 is 2.93 bits per heavy atom. The molecule has 8 heteroatoms. The average Bonchev–Trinajstić information content (AvgIpc) is 3.03. The Morgan fingerprint density at radius 2 is 2.17 bits per heavy atom. The molecule has 1 fully saturated rings. The molecule has 158 valence electrons. The van der Waals surface area contributed by atoms with E-state index in [4.69, 9.17) is 4.42 Å². The van der Waals surface area contributed by atoms with Crippen LogP contribution in [-0.4, -0.2) is 51.4 Å². The zero-order chi connectivity index (χ0) is 20.8. The lowest BCUT2D eigenvalue weighted by Gasteiger charge is -2.33. The first kappa shape index (κ1) is 21.6. The van der Waals surface area contributed by atoms with Gasteiger partial charge in [-0.25, -0.2) is 9.37 Å². The number of hydrogen-bond donors (Lipinski definition) is 1. The third-order valence-corrected chi connectivity index (χ3v) is 6.43. The van der Waals surface area contributed by atoms with E-state index in [2.05, 4.69) is 22.1 Å². The van der Waals surface area contributed by atoms with Gasteiger partial charge >= 0.3 is 0 Å². The third-order valence-electron chi connectivity index (χ3n) is 5.25. The smallest absolute Gasteiger partial charge is 0.232 e. The minimum absolute atomic E-state index is 0.0864. The van der Waals surface area contributed by atoms with Crippen LogP contribution in [0.5, 0.6) is 0 Å². The molecule has 29 heavy (non-hydrogen) atoms. The topological polar surface area (TPSA) is 75.4 Å². The molecular weight excluding hydrogens is 393 g/mol. The summed E-state index contributed by atoms with van der Waals surface area (Å²) in [5, 5.41) is 2.85. The molecule has 0 aliphatic carbocycles. The maximum absolute atomic E-state index is 13.9. The molecule has 1 aliphatic rings. The zero-order valence-electron chi connectivity index (χ0n) is 16.9. The Labute approximate surface area is 173 Å². The van der Waals surface area contributed by atoms with Gasteiger partial charge in [0.15, 0.2) is 0 Å². The number of aromatic nitrogens is 1. The van der Waals surface area contributed by atoms with Crippen molar-refractivity contribution in [3.05, 3.63) is 41.5 Å². The largest absolute Gasteiger partial charge is 0.441 e. The van der Waals surface area contributed by atoms with E-state index in [1.165, 1.54) is 25.3 Å². The maximum atomic E-state index is 13.9. The van der Waals surface area contributed by atoms with E-state index in [9.17, 15) is 13.4 Å². The molecule has 0 bridgehead atoms.